The van der Waals surface area contributed by atoms with Gasteiger partial charge in [0.15, 0.2) is 5.82 Å². The van der Waals surface area contributed by atoms with Gasteiger partial charge in [0.25, 0.3) is 0 Å². The van der Waals surface area contributed by atoms with E-state index >= 15 is 0 Å². The molecule has 0 aliphatic carbocycles. The number of hydrogen-bond donors (Lipinski definition) is 0. The number of likely N-dealkylation sites (tertiary alicyclic amines) is 1. The summed E-state index contributed by atoms with van der Waals surface area (Å²) in [7, 11) is 4.14. The molecule has 0 aromatic carbocycles. The van der Waals surface area contributed by atoms with Crippen molar-refractivity contribution in [1.82, 2.24) is 14.9 Å². The van der Waals surface area contributed by atoms with Crippen LogP contribution in [0.25, 0.3) is 0 Å². The SMILES string of the molecule is CN1CCC(CN(C)c2nc(Cl)ncc2Cl)C1. The lowest BCUT2D eigenvalue weighted by atomic mass is 10.1. The van der Waals surface area contributed by atoms with E-state index in [1.165, 1.54) is 6.42 Å². The molecule has 4 nitrogen and oxygen atoms in total. The Morgan fingerprint density at radius 2 is 2.29 bits per heavy atom. The summed E-state index contributed by atoms with van der Waals surface area (Å²) < 4.78 is 0. The second kappa shape index (κ2) is 5.38. The Morgan fingerprint density at radius 1 is 1.53 bits per heavy atom. The van der Waals surface area contributed by atoms with Gasteiger partial charge in [-0.2, -0.15) is 4.98 Å². The van der Waals surface area contributed by atoms with E-state index in [2.05, 4.69) is 26.8 Å². The van der Waals surface area contributed by atoms with Crippen LogP contribution in [0.3, 0.4) is 0 Å². The second-order valence-corrected chi connectivity index (χ2v) is 5.35. The van der Waals surface area contributed by atoms with Gasteiger partial charge < -0.3 is 9.80 Å². The van der Waals surface area contributed by atoms with Gasteiger partial charge in [-0.3, -0.25) is 0 Å². The van der Waals surface area contributed by atoms with Crippen LogP contribution < -0.4 is 4.90 Å². The zero-order chi connectivity index (χ0) is 12.4. The van der Waals surface area contributed by atoms with Crippen molar-refractivity contribution >= 4 is 29.0 Å². The average molecular weight is 275 g/mol. The zero-order valence-corrected chi connectivity index (χ0v) is 11.5. The topological polar surface area (TPSA) is 32.3 Å². The number of nitrogens with zero attached hydrogens (tertiary/aromatic N) is 4. The van der Waals surface area contributed by atoms with Crippen LogP contribution in [0.1, 0.15) is 6.42 Å². The first-order valence-electron chi connectivity index (χ1n) is 5.64. The van der Waals surface area contributed by atoms with Gasteiger partial charge in [0.1, 0.15) is 5.02 Å². The van der Waals surface area contributed by atoms with Gasteiger partial charge in [-0.1, -0.05) is 11.6 Å². The molecular weight excluding hydrogens is 259 g/mol. The molecule has 1 atom stereocenters. The molecule has 0 N–H and O–H groups in total. The molecule has 1 saturated heterocycles. The van der Waals surface area contributed by atoms with E-state index in [0.717, 1.165) is 19.6 Å². The predicted molar refractivity (Wildman–Crippen MR) is 70.9 cm³/mol. The van der Waals surface area contributed by atoms with Gasteiger partial charge in [0.2, 0.25) is 5.28 Å². The van der Waals surface area contributed by atoms with Crippen molar-refractivity contribution < 1.29 is 0 Å². The van der Waals surface area contributed by atoms with Gasteiger partial charge in [-0.15, -0.1) is 0 Å². The van der Waals surface area contributed by atoms with E-state index in [1.807, 2.05) is 7.05 Å². The minimum atomic E-state index is 0.236. The molecule has 2 heterocycles. The summed E-state index contributed by atoms with van der Waals surface area (Å²) in [6, 6.07) is 0. The summed E-state index contributed by atoms with van der Waals surface area (Å²) in [6.07, 6.45) is 2.76. The van der Waals surface area contributed by atoms with Crippen LogP contribution in [-0.4, -0.2) is 48.6 Å². The summed E-state index contributed by atoms with van der Waals surface area (Å²) in [5.74, 6) is 1.37. The highest BCUT2D eigenvalue weighted by molar-refractivity contribution is 6.33. The molecule has 1 aliphatic heterocycles. The Kier molecular flexibility index (Phi) is 4.07. The molecule has 1 aromatic heterocycles. The van der Waals surface area contributed by atoms with E-state index in [-0.39, 0.29) is 5.28 Å². The number of hydrogen-bond acceptors (Lipinski definition) is 4. The lowest BCUT2D eigenvalue weighted by Gasteiger charge is -2.22. The lowest BCUT2D eigenvalue weighted by molar-refractivity contribution is 0.395. The monoisotopic (exact) mass is 274 g/mol. The van der Waals surface area contributed by atoms with Crippen LogP contribution in [0.15, 0.2) is 6.20 Å². The third kappa shape index (κ3) is 3.21. The Morgan fingerprint density at radius 3 is 2.94 bits per heavy atom. The molecule has 0 amide bonds. The first-order valence-corrected chi connectivity index (χ1v) is 6.39. The molecule has 2 rings (SSSR count). The summed E-state index contributed by atoms with van der Waals surface area (Å²) in [6.45, 7) is 3.23. The average Bonchev–Trinajstić information content (AvgIpc) is 2.67. The van der Waals surface area contributed by atoms with Gasteiger partial charge in [-0.25, -0.2) is 4.98 Å². The fourth-order valence-electron chi connectivity index (χ4n) is 2.25. The van der Waals surface area contributed by atoms with E-state index in [9.17, 15) is 0 Å². The van der Waals surface area contributed by atoms with Gasteiger partial charge in [-0.05, 0) is 37.5 Å². The molecule has 6 heteroatoms. The largest absolute Gasteiger partial charge is 0.358 e. The van der Waals surface area contributed by atoms with Crippen molar-refractivity contribution in [3.8, 4) is 0 Å². The molecule has 0 radical (unpaired) electrons. The molecular formula is C11H16Cl2N4. The first kappa shape index (κ1) is 12.9. The first-order chi connectivity index (χ1) is 8.06. The maximum Gasteiger partial charge on any atom is 0.224 e. The van der Waals surface area contributed by atoms with Gasteiger partial charge in [0, 0.05) is 20.1 Å². The molecule has 0 saturated carbocycles. The van der Waals surface area contributed by atoms with E-state index in [1.54, 1.807) is 6.20 Å². The highest BCUT2D eigenvalue weighted by atomic mass is 35.5. The van der Waals surface area contributed by atoms with Crippen molar-refractivity contribution in [2.24, 2.45) is 5.92 Å². The Hall–Kier alpha value is -0.580. The van der Waals surface area contributed by atoms with Crippen LogP contribution in [0.2, 0.25) is 10.3 Å². The Bertz CT molecular complexity index is 399. The molecule has 1 aliphatic rings. The van der Waals surface area contributed by atoms with Crippen molar-refractivity contribution in [3.63, 3.8) is 0 Å². The fraction of sp³-hybridized carbons (Fsp3) is 0.636. The quantitative estimate of drug-likeness (QED) is 0.791. The second-order valence-electron chi connectivity index (χ2n) is 4.61. The zero-order valence-electron chi connectivity index (χ0n) is 10.0. The van der Waals surface area contributed by atoms with Gasteiger partial charge >= 0.3 is 0 Å². The minimum Gasteiger partial charge on any atom is -0.358 e. The third-order valence-corrected chi connectivity index (χ3v) is 3.53. The number of rotatable bonds is 3. The minimum absolute atomic E-state index is 0.236. The molecule has 17 heavy (non-hydrogen) atoms. The van der Waals surface area contributed by atoms with Crippen LogP contribution >= 0.6 is 23.2 Å². The normalized spacial score (nSPS) is 20.8. The maximum atomic E-state index is 6.07. The standard InChI is InChI=1S/C11H16Cl2N4/c1-16-4-3-8(6-16)7-17(2)10-9(12)5-14-11(13)15-10/h5,8H,3-4,6-7H2,1-2H3. The smallest absolute Gasteiger partial charge is 0.224 e. The van der Waals surface area contributed by atoms with Gasteiger partial charge in [0.05, 0.1) is 6.20 Å². The molecule has 1 aromatic rings. The van der Waals surface area contributed by atoms with Crippen molar-refractivity contribution in [2.75, 3.05) is 38.6 Å². The summed E-state index contributed by atoms with van der Waals surface area (Å²) in [5.41, 5.74) is 0. The maximum absolute atomic E-state index is 6.07. The molecule has 1 fully saturated rings. The molecule has 1 unspecified atom stereocenters. The van der Waals surface area contributed by atoms with Crippen molar-refractivity contribution in [1.29, 1.82) is 0 Å². The van der Waals surface area contributed by atoms with Crippen molar-refractivity contribution in [3.05, 3.63) is 16.5 Å². The highest BCUT2D eigenvalue weighted by Gasteiger charge is 2.22. The summed E-state index contributed by atoms with van der Waals surface area (Å²) >= 11 is 11.9. The molecule has 94 valence electrons. The van der Waals surface area contributed by atoms with E-state index in [4.69, 9.17) is 23.2 Å². The third-order valence-electron chi connectivity index (χ3n) is 3.08. The number of anilines is 1. The van der Waals surface area contributed by atoms with Crippen LogP contribution in [0.4, 0.5) is 5.82 Å². The van der Waals surface area contributed by atoms with E-state index in [0.29, 0.717) is 16.8 Å². The van der Waals surface area contributed by atoms with Crippen LogP contribution in [0, 0.1) is 5.92 Å². The molecule has 0 spiro atoms. The van der Waals surface area contributed by atoms with Crippen LogP contribution in [0.5, 0.6) is 0 Å². The number of aromatic nitrogens is 2. The Labute approximate surface area is 112 Å². The Balaban J connectivity index is 2.04. The fourth-order valence-corrected chi connectivity index (χ4v) is 2.62. The number of halogens is 2. The van der Waals surface area contributed by atoms with E-state index < -0.39 is 0 Å². The molecule has 0 bridgehead atoms. The van der Waals surface area contributed by atoms with Crippen LogP contribution in [-0.2, 0) is 0 Å². The summed E-state index contributed by atoms with van der Waals surface area (Å²) in [4.78, 5) is 12.4. The predicted octanol–water partition coefficient (Wildman–Crippen LogP) is 2.17. The lowest BCUT2D eigenvalue weighted by Crippen LogP contribution is -2.28. The summed E-state index contributed by atoms with van der Waals surface area (Å²) in [5, 5.41) is 0.781. The highest BCUT2D eigenvalue weighted by Crippen LogP contribution is 2.25. The van der Waals surface area contributed by atoms with Crippen molar-refractivity contribution in [2.45, 2.75) is 6.42 Å².